The van der Waals surface area contributed by atoms with Gasteiger partial charge in [0.1, 0.15) is 11.4 Å². The van der Waals surface area contributed by atoms with E-state index in [1.165, 1.54) is 49.5 Å². The molecule has 8 heteroatoms. The van der Waals surface area contributed by atoms with Gasteiger partial charge in [-0.3, -0.25) is 9.59 Å². The molecule has 0 fully saturated rings. The Morgan fingerprint density at radius 3 is 2.48 bits per heavy atom. The molecule has 2 aromatic carbocycles. The van der Waals surface area contributed by atoms with Crippen LogP contribution in [0.25, 0.3) is 10.9 Å². The molecular formula is C19H14F4N2O2. The standard InChI is InChI=1S/C19H14F4N2O2/c1-25-14-8-3-2-7-13(14)16(19(21,22)23)15(18(25)27)17(26)24-10-11-5-4-6-12(20)9-11/h2-9H,10H2,1H3,(H,24,26). The minimum atomic E-state index is -4.90. The molecule has 1 aromatic heterocycles. The van der Waals surface area contributed by atoms with Crippen molar-refractivity contribution in [2.75, 3.05) is 0 Å². The molecule has 1 N–H and O–H groups in total. The zero-order valence-corrected chi connectivity index (χ0v) is 14.1. The predicted molar refractivity (Wildman–Crippen MR) is 91.8 cm³/mol. The molecule has 0 bridgehead atoms. The molecule has 140 valence electrons. The summed E-state index contributed by atoms with van der Waals surface area (Å²) in [5, 5.41) is 2.02. The lowest BCUT2D eigenvalue weighted by Gasteiger charge is -2.17. The zero-order chi connectivity index (χ0) is 19.8. The summed E-state index contributed by atoms with van der Waals surface area (Å²) in [6.45, 7) is -0.218. The third-order valence-corrected chi connectivity index (χ3v) is 4.16. The van der Waals surface area contributed by atoms with E-state index in [9.17, 15) is 27.2 Å². The molecule has 3 rings (SSSR count). The first kappa shape index (κ1) is 18.6. The van der Waals surface area contributed by atoms with Gasteiger partial charge in [0.25, 0.3) is 11.5 Å². The Bertz CT molecular complexity index is 1090. The monoisotopic (exact) mass is 378 g/mol. The number of amides is 1. The fraction of sp³-hybridized carbons (Fsp3) is 0.158. The van der Waals surface area contributed by atoms with E-state index in [4.69, 9.17) is 0 Å². The number of rotatable bonds is 3. The molecule has 0 aliphatic carbocycles. The minimum Gasteiger partial charge on any atom is -0.348 e. The molecule has 0 saturated carbocycles. The van der Waals surface area contributed by atoms with Gasteiger partial charge in [-0.05, 0) is 23.8 Å². The number of benzene rings is 2. The van der Waals surface area contributed by atoms with Crippen molar-refractivity contribution in [2.45, 2.75) is 12.7 Å². The number of fused-ring (bicyclic) bond motifs is 1. The molecule has 0 unspecified atom stereocenters. The number of hydrogen-bond donors (Lipinski definition) is 1. The maximum atomic E-state index is 13.7. The number of hydrogen-bond acceptors (Lipinski definition) is 2. The van der Waals surface area contributed by atoms with Crippen molar-refractivity contribution in [3.63, 3.8) is 0 Å². The summed E-state index contributed by atoms with van der Waals surface area (Å²) in [6.07, 6.45) is -4.90. The van der Waals surface area contributed by atoms with Crippen molar-refractivity contribution in [3.8, 4) is 0 Å². The van der Waals surface area contributed by atoms with E-state index in [1.54, 1.807) is 0 Å². The molecule has 0 aliphatic heterocycles. The van der Waals surface area contributed by atoms with Gasteiger partial charge >= 0.3 is 6.18 Å². The number of alkyl halides is 3. The van der Waals surface area contributed by atoms with Crippen LogP contribution in [0, 0.1) is 5.82 Å². The van der Waals surface area contributed by atoms with E-state index in [1.807, 2.05) is 0 Å². The molecule has 0 spiro atoms. The number of nitrogens with zero attached hydrogens (tertiary/aromatic N) is 1. The average Bonchev–Trinajstić information content (AvgIpc) is 2.61. The SMILES string of the molecule is Cn1c(=O)c(C(=O)NCc2cccc(F)c2)c(C(F)(F)F)c2ccccc21. The van der Waals surface area contributed by atoms with Gasteiger partial charge < -0.3 is 9.88 Å². The summed E-state index contributed by atoms with van der Waals surface area (Å²) >= 11 is 0. The summed E-state index contributed by atoms with van der Waals surface area (Å²) in [4.78, 5) is 25.0. The van der Waals surface area contributed by atoms with Gasteiger partial charge in [0.15, 0.2) is 0 Å². The first-order valence-corrected chi connectivity index (χ1v) is 7.91. The van der Waals surface area contributed by atoms with E-state index in [2.05, 4.69) is 5.32 Å². The van der Waals surface area contributed by atoms with Gasteiger partial charge in [-0.15, -0.1) is 0 Å². The number of para-hydroxylation sites is 1. The largest absolute Gasteiger partial charge is 0.418 e. The summed E-state index contributed by atoms with van der Waals surface area (Å²) in [5.74, 6) is -1.71. The number of aryl methyl sites for hydroxylation is 1. The van der Waals surface area contributed by atoms with E-state index < -0.39 is 34.6 Å². The van der Waals surface area contributed by atoms with E-state index in [-0.39, 0.29) is 17.4 Å². The number of aromatic nitrogens is 1. The van der Waals surface area contributed by atoms with Crippen LogP contribution in [0.5, 0.6) is 0 Å². The molecular weight excluding hydrogens is 364 g/mol. The lowest BCUT2D eigenvalue weighted by molar-refractivity contribution is -0.136. The zero-order valence-electron chi connectivity index (χ0n) is 14.1. The average molecular weight is 378 g/mol. The third-order valence-electron chi connectivity index (χ3n) is 4.16. The van der Waals surface area contributed by atoms with E-state index >= 15 is 0 Å². The second-order valence-electron chi connectivity index (χ2n) is 5.94. The van der Waals surface area contributed by atoms with Crippen LogP contribution in [-0.4, -0.2) is 10.5 Å². The lowest BCUT2D eigenvalue weighted by atomic mass is 10.0. The van der Waals surface area contributed by atoms with Crippen LogP contribution in [-0.2, 0) is 19.8 Å². The van der Waals surface area contributed by atoms with Gasteiger partial charge in [-0.2, -0.15) is 13.2 Å². The van der Waals surface area contributed by atoms with Crippen LogP contribution in [0.1, 0.15) is 21.5 Å². The van der Waals surface area contributed by atoms with Gasteiger partial charge in [0.05, 0.1) is 11.1 Å². The van der Waals surface area contributed by atoms with Crippen molar-refractivity contribution in [1.82, 2.24) is 9.88 Å². The maximum Gasteiger partial charge on any atom is 0.418 e. The highest BCUT2D eigenvalue weighted by atomic mass is 19.4. The molecule has 3 aromatic rings. The molecule has 27 heavy (non-hydrogen) atoms. The maximum absolute atomic E-state index is 13.7. The highest BCUT2D eigenvalue weighted by Gasteiger charge is 2.39. The summed E-state index contributed by atoms with van der Waals surface area (Å²) in [6, 6.07) is 10.7. The number of nitrogens with one attached hydrogen (secondary N) is 1. The van der Waals surface area contributed by atoms with Crippen LogP contribution in [0.2, 0.25) is 0 Å². The second-order valence-corrected chi connectivity index (χ2v) is 5.94. The van der Waals surface area contributed by atoms with Crippen molar-refractivity contribution < 1.29 is 22.4 Å². The first-order valence-electron chi connectivity index (χ1n) is 7.91. The number of carbonyl (C=O) groups excluding carboxylic acids is 1. The first-order chi connectivity index (χ1) is 12.7. The van der Waals surface area contributed by atoms with Crippen molar-refractivity contribution in [2.24, 2.45) is 7.05 Å². The van der Waals surface area contributed by atoms with Crippen molar-refractivity contribution >= 4 is 16.8 Å². The van der Waals surface area contributed by atoms with E-state index in [0.29, 0.717) is 5.56 Å². The fourth-order valence-corrected chi connectivity index (χ4v) is 2.92. The van der Waals surface area contributed by atoms with E-state index in [0.717, 1.165) is 10.6 Å². The molecule has 0 atom stereocenters. The Kier molecular flexibility index (Phi) is 4.73. The minimum absolute atomic E-state index is 0.0662. The molecule has 4 nitrogen and oxygen atoms in total. The molecule has 0 aliphatic rings. The van der Waals surface area contributed by atoms with Crippen molar-refractivity contribution in [3.05, 3.63) is 81.4 Å². The van der Waals surface area contributed by atoms with Crippen LogP contribution in [0.4, 0.5) is 17.6 Å². The summed E-state index contributed by atoms with van der Waals surface area (Å²) in [7, 11) is 1.30. The Labute approximate surface area is 151 Å². The van der Waals surface area contributed by atoms with Crippen LogP contribution < -0.4 is 10.9 Å². The van der Waals surface area contributed by atoms with Gasteiger partial charge in [-0.25, -0.2) is 4.39 Å². The number of pyridine rings is 1. The Morgan fingerprint density at radius 1 is 1.11 bits per heavy atom. The molecule has 0 saturated heterocycles. The molecule has 0 radical (unpaired) electrons. The predicted octanol–water partition coefficient (Wildman–Crippen LogP) is 3.63. The quantitative estimate of drug-likeness (QED) is 0.708. The normalized spacial score (nSPS) is 11.6. The van der Waals surface area contributed by atoms with Gasteiger partial charge in [0.2, 0.25) is 0 Å². The van der Waals surface area contributed by atoms with Crippen molar-refractivity contribution in [1.29, 1.82) is 0 Å². The van der Waals surface area contributed by atoms with Crippen LogP contribution >= 0.6 is 0 Å². The number of carbonyl (C=O) groups is 1. The number of halogens is 4. The lowest BCUT2D eigenvalue weighted by Crippen LogP contribution is -2.35. The Balaban J connectivity index is 2.11. The fourth-order valence-electron chi connectivity index (χ4n) is 2.92. The topological polar surface area (TPSA) is 51.1 Å². The highest BCUT2D eigenvalue weighted by molar-refractivity contribution is 6.00. The highest BCUT2D eigenvalue weighted by Crippen LogP contribution is 2.36. The molecule has 1 amide bonds. The second kappa shape index (κ2) is 6.86. The Hall–Kier alpha value is -3.16. The van der Waals surface area contributed by atoms with Crippen LogP contribution in [0.15, 0.2) is 53.3 Å². The van der Waals surface area contributed by atoms with Crippen LogP contribution in [0.3, 0.4) is 0 Å². The molecule has 1 heterocycles. The summed E-state index contributed by atoms with van der Waals surface area (Å²) < 4.78 is 55.3. The van der Waals surface area contributed by atoms with Gasteiger partial charge in [-0.1, -0.05) is 30.3 Å². The third kappa shape index (κ3) is 3.55. The summed E-state index contributed by atoms with van der Waals surface area (Å²) in [5.41, 5.74) is -2.90. The Morgan fingerprint density at radius 2 is 1.81 bits per heavy atom. The van der Waals surface area contributed by atoms with Gasteiger partial charge in [0, 0.05) is 19.0 Å². The smallest absolute Gasteiger partial charge is 0.348 e.